The summed E-state index contributed by atoms with van der Waals surface area (Å²) in [6.07, 6.45) is 3.48. The molecular weight excluding hydrogens is 316 g/mol. The van der Waals surface area contributed by atoms with Crippen molar-refractivity contribution < 1.29 is 9.21 Å². The Bertz CT molecular complexity index is 1000. The molecule has 0 fully saturated rings. The molecule has 0 aliphatic rings. The largest absolute Gasteiger partial charge is 0.451 e. The minimum atomic E-state index is -0.257. The Morgan fingerprint density at radius 2 is 1.96 bits per heavy atom. The number of carbonyl (C=O) groups is 1. The average molecular weight is 332 g/mol. The van der Waals surface area contributed by atoms with Crippen LogP contribution in [-0.2, 0) is 13.6 Å². The number of nitrogens with zero attached hydrogens (tertiary/aromatic N) is 3. The van der Waals surface area contributed by atoms with Crippen LogP contribution in [0.1, 0.15) is 16.2 Å². The number of fused-ring (bicyclic) bond motifs is 1. The highest BCUT2D eigenvalue weighted by molar-refractivity contribution is 5.96. The van der Waals surface area contributed by atoms with Crippen LogP contribution in [0.25, 0.3) is 22.2 Å². The molecule has 3 heterocycles. The molecule has 0 radical (unpaired) electrons. The fourth-order valence-corrected chi connectivity index (χ4v) is 2.76. The predicted molar refractivity (Wildman–Crippen MR) is 93.8 cm³/mol. The van der Waals surface area contributed by atoms with Crippen molar-refractivity contribution in [3.63, 3.8) is 0 Å². The number of pyridine rings is 1. The second-order valence-corrected chi connectivity index (χ2v) is 5.71. The molecule has 6 heteroatoms. The lowest BCUT2D eigenvalue weighted by Crippen LogP contribution is -2.22. The Hall–Kier alpha value is -3.41. The van der Waals surface area contributed by atoms with Crippen LogP contribution in [0.4, 0.5) is 0 Å². The number of nitrogens with one attached hydrogen (secondary N) is 1. The van der Waals surface area contributed by atoms with Crippen LogP contribution in [0.15, 0.2) is 65.3 Å². The first-order valence-electron chi connectivity index (χ1n) is 7.91. The molecule has 0 bridgehead atoms. The van der Waals surface area contributed by atoms with Crippen LogP contribution in [0, 0.1) is 0 Å². The number of furan rings is 1. The van der Waals surface area contributed by atoms with E-state index in [2.05, 4.69) is 15.4 Å². The van der Waals surface area contributed by atoms with E-state index in [0.29, 0.717) is 17.9 Å². The van der Waals surface area contributed by atoms with E-state index in [0.717, 1.165) is 22.3 Å². The average Bonchev–Trinajstić information content (AvgIpc) is 3.24. The number of aromatic nitrogens is 3. The number of benzene rings is 1. The molecule has 0 saturated carbocycles. The third kappa shape index (κ3) is 3.01. The van der Waals surface area contributed by atoms with Crippen molar-refractivity contribution in [2.45, 2.75) is 6.54 Å². The molecule has 0 aliphatic carbocycles. The quantitative estimate of drug-likeness (QED) is 0.623. The Kier molecular flexibility index (Phi) is 3.78. The highest BCUT2D eigenvalue weighted by atomic mass is 16.3. The minimum absolute atomic E-state index is 0.257. The molecule has 0 unspecified atom stereocenters. The topological polar surface area (TPSA) is 73.0 Å². The highest BCUT2D eigenvalue weighted by Gasteiger charge is 2.13. The fraction of sp³-hybridized carbons (Fsp3) is 0.105. The molecule has 3 aromatic heterocycles. The summed E-state index contributed by atoms with van der Waals surface area (Å²) < 4.78 is 7.36. The first kappa shape index (κ1) is 15.1. The summed E-state index contributed by atoms with van der Waals surface area (Å²) in [6, 6.07) is 15.1. The van der Waals surface area contributed by atoms with E-state index in [9.17, 15) is 4.79 Å². The van der Waals surface area contributed by atoms with E-state index < -0.39 is 0 Å². The van der Waals surface area contributed by atoms with E-state index >= 15 is 0 Å². The third-order valence-corrected chi connectivity index (χ3v) is 3.99. The summed E-state index contributed by atoms with van der Waals surface area (Å²) in [5.41, 5.74) is 3.47. The Labute approximate surface area is 144 Å². The number of hydrogen-bond acceptors (Lipinski definition) is 4. The molecule has 124 valence electrons. The zero-order valence-electron chi connectivity index (χ0n) is 13.6. The Balaban J connectivity index is 1.49. The first-order chi connectivity index (χ1) is 12.2. The van der Waals surface area contributed by atoms with Crippen molar-refractivity contribution in [1.29, 1.82) is 0 Å². The monoisotopic (exact) mass is 332 g/mol. The third-order valence-electron chi connectivity index (χ3n) is 3.99. The molecule has 4 rings (SSSR count). The number of rotatable bonds is 4. The Morgan fingerprint density at radius 3 is 2.76 bits per heavy atom. The van der Waals surface area contributed by atoms with E-state index in [4.69, 9.17) is 4.42 Å². The number of carbonyl (C=O) groups excluding carboxylic acids is 1. The predicted octanol–water partition coefficient (Wildman–Crippen LogP) is 3.16. The number of aryl methyl sites for hydroxylation is 1. The molecule has 0 aliphatic heterocycles. The molecular formula is C19H16N4O2. The Morgan fingerprint density at radius 1 is 1.16 bits per heavy atom. The van der Waals surface area contributed by atoms with Gasteiger partial charge in [0.2, 0.25) is 0 Å². The fourth-order valence-electron chi connectivity index (χ4n) is 2.76. The van der Waals surface area contributed by atoms with E-state index in [1.807, 2.05) is 49.5 Å². The van der Waals surface area contributed by atoms with Gasteiger partial charge in [0.1, 0.15) is 5.58 Å². The van der Waals surface area contributed by atoms with Gasteiger partial charge in [0, 0.05) is 30.4 Å². The van der Waals surface area contributed by atoms with Crippen molar-refractivity contribution in [3.05, 3.63) is 72.4 Å². The van der Waals surface area contributed by atoms with Crippen LogP contribution in [-0.4, -0.2) is 20.7 Å². The smallest absolute Gasteiger partial charge is 0.287 e. The van der Waals surface area contributed by atoms with Gasteiger partial charge in [-0.3, -0.25) is 14.5 Å². The van der Waals surface area contributed by atoms with Crippen LogP contribution in [0.2, 0.25) is 0 Å². The van der Waals surface area contributed by atoms with Crippen LogP contribution in [0.3, 0.4) is 0 Å². The van der Waals surface area contributed by atoms with Gasteiger partial charge in [-0.15, -0.1) is 0 Å². The van der Waals surface area contributed by atoms with Gasteiger partial charge >= 0.3 is 0 Å². The van der Waals surface area contributed by atoms with Crippen LogP contribution in [0.5, 0.6) is 0 Å². The molecule has 1 amide bonds. The summed E-state index contributed by atoms with van der Waals surface area (Å²) in [5.74, 6) is 0.0406. The normalized spacial score (nSPS) is 10.9. The summed E-state index contributed by atoms with van der Waals surface area (Å²) in [7, 11) is 1.88. The van der Waals surface area contributed by atoms with Gasteiger partial charge in [-0.1, -0.05) is 18.2 Å². The highest BCUT2D eigenvalue weighted by Crippen LogP contribution is 2.20. The first-order valence-corrected chi connectivity index (χ1v) is 7.91. The van der Waals surface area contributed by atoms with Crippen molar-refractivity contribution in [1.82, 2.24) is 20.1 Å². The van der Waals surface area contributed by atoms with Gasteiger partial charge < -0.3 is 9.73 Å². The van der Waals surface area contributed by atoms with Gasteiger partial charge in [0.25, 0.3) is 5.91 Å². The van der Waals surface area contributed by atoms with Gasteiger partial charge in [-0.05, 0) is 30.3 Å². The van der Waals surface area contributed by atoms with Crippen LogP contribution < -0.4 is 5.32 Å². The maximum absolute atomic E-state index is 12.3. The van der Waals surface area contributed by atoms with Gasteiger partial charge in [-0.25, -0.2) is 0 Å². The van der Waals surface area contributed by atoms with Crippen molar-refractivity contribution >= 4 is 16.9 Å². The second kappa shape index (κ2) is 6.24. The maximum Gasteiger partial charge on any atom is 0.287 e. The number of amides is 1. The van der Waals surface area contributed by atoms with Crippen LogP contribution >= 0.6 is 0 Å². The van der Waals surface area contributed by atoms with E-state index in [1.54, 1.807) is 23.1 Å². The zero-order chi connectivity index (χ0) is 17.2. The molecule has 0 atom stereocenters. The lowest BCUT2D eigenvalue weighted by atomic mass is 10.2. The zero-order valence-corrected chi connectivity index (χ0v) is 13.6. The molecule has 4 aromatic rings. The lowest BCUT2D eigenvalue weighted by Gasteiger charge is -1.99. The minimum Gasteiger partial charge on any atom is -0.451 e. The number of hydrogen-bond donors (Lipinski definition) is 1. The van der Waals surface area contributed by atoms with E-state index in [-0.39, 0.29) is 5.91 Å². The summed E-state index contributed by atoms with van der Waals surface area (Å²) in [4.78, 5) is 16.3. The molecule has 0 saturated heterocycles. The molecule has 6 nitrogen and oxygen atoms in total. The maximum atomic E-state index is 12.3. The van der Waals surface area contributed by atoms with Crippen molar-refractivity contribution in [2.24, 2.45) is 7.05 Å². The second-order valence-electron chi connectivity index (χ2n) is 5.71. The number of para-hydroxylation sites is 1. The van der Waals surface area contributed by atoms with Gasteiger partial charge in [-0.2, -0.15) is 5.10 Å². The SMILES string of the molecule is Cn1nc(CNC(=O)c2cc3ccccc3o2)cc1-c1ccncc1. The summed E-state index contributed by atoms with van der Waals surface area (Å²) in [6.45, 7) is 0.328. The summed E-state index contributed by atoms with van der Waals surface area (Å²) in [5, 5.41) is 8.20. The van der Waals surface area contributed by atoms with Crippen molar-refractivity contribution in [2.75, 3.05) is 0 Å². The molecule has 1 aromatic carbocycles. The molecule has 0 spiro atoms. The van der Waals surface area contributed by atoms with E-state index in [1.165, 1.54) is 0 Å². The van der Waals surface area contributed by atoms with Crippen molar-refractivity contribution in [3.8, 4) is 11.3 Å². The van der Waals surface area contributed by atoms with Gasteiger partial charge in [0.05, 0.1) is 17.9 Å². The summed E-state index contributed by atoms with van der Waals surface area (Å²) >= 11 is 0. The lowest BCUT2D eigenvalue weighted by molar-refractivity contribution is 0.0925. The molecule has 25 heavy (non-hydrogen) atoms. The standard InChI is InChI=1S/C19H16N4O2/c1-23-16(13-6-8-20-9-7-13)11-15(22-23)12-21-19(24)18-10-14-4-2-3-5-17(14)25-18/h2-11H,12H2,1H3,(H,21,24). The molecule has 1 N–H and O–H groups in total. The van der Waals surface area contributed by atoms with Gasteiger partial charge in [0.15, 0.2) is 5.76 Å².